The lowest BCUT2D eigenvalue weighted by Gasteiger charge is -2.34. The smallest absolute Gasteiger partial charge is 0.261 e. The zero-order valence-corrected chi connectivity index (χ0v) is 13.6. The zero-order chi connectivity index (χ0) is 15.7. The summed E-state index contributed by atoms with van der Waals surface area (Å²) in [6.07, 6.45) is 4.72. The fourth-order valence-electron chi connectivity index (χ4n) is 3.09. The van der Waals surface area contributed by atoms with Gasteiger partial charge in [-0.1, -0.05) is 0 Å². The maximum atomic E-state index is 12.9. The maximum Gasteiger partial charge on any atom is 0.261 e. The minimum absolute atomic E-state index is 0.0126. The molecule has 1 aliphatic rings. The number of carbonyl (C=O) groups is 1. The van der Waals surface area contributed by atoms with Gasteiger partial charge in [0.05, 0.1) is 6.04 Å². The van der Waals surface area contributed by atoms with Crippen molar-refractivity contribution in [3.05, 3.63) is 49.8 Å². The van der Waals surface area contributed by atoms with Crippen molar-refractivity contribution in [1.82, 2.24) is 14.9 Å². The average molecular weight is 317 g/mol. The van der Waals surface area contributed by atoms with E-state index in [0.717, 1.165) is 35.5 Å². The summed E-state index contributed by atoms with van der Waals surface area (Å²) in [6.45, 7) is 4.32. The monoisotopic (exact) mass is 317 g/mol. The Morgan fingerprint density at radius 1 is 1.41 bits per heavy atom. The van der Waals surface area contributed by atoms with E-state index in [-0.39, 0.29) is 23.1 Å². The minimum Gasteiger partial charge on any atom is -0.329 e. The first-order valence-electron chi connectivity index (χ1n) is 7.49. The maximum absolute atomic E-state index is 12.9. The van der Waals surface area contributed by atoms with Crippen LogP contribution < -0.4 is 5.56 Å². The fraction of sp³-hybridized carbons (Fsp3) is 0.438. The SMILES string of the molecule is Cc1cc(C)c(C(=O)N2CCCC[C@H]2c2nccs2)c(=O)[nH]1. The predicted molar refractivity (Wildman–Crippen MR) is 86.3 cm³/mol. The normalized spacial score (nSPS) is 18.5. The Hall–Kier alpha value is -1.95. The van der Waals surface area contributed by atoms with Gasteiger partial charge in [-0.2, -0.15) is 0 Å². The quantitative estimate of drug-likeness (QED) is 0.926. The van der Waals surface area contributed by atoms with Crippen molar-refractivity contribution in [2.45, 2.75) is 39.2 Å². The highest BCUT2D eigenvalue weighted by molar-refractivity contribution is 7.09. The molecule has 2 aromatic rings. The summed E-state index contributed by atoms with van der Waals surface area (Å²) in [4.78, 5) is 34.1. The van der Waals surface area contributed by atoms with Crippen LogP contribution in [-0.4, -0.2) is 27.3 Å². The summed E-state index contributed by atoms with van der Waals surface area (Å²) in [5, 5.41) is 2.88. The molecule has 0 unspecified atom stereocenters. The molecular formula is C16H19N3O2S. The largest absolute Gasteiger partial charge is 0.329 e. The molecule has 1 atom stereocenters. The van der Waals surface area contributed by atoms with Crippen molar-refractivity contribution in [3.63, 3.8) is 0 Å². The third kappa shape index (κ3) is 2.70. The number of carbonyl (C=O) groups excluding carboxylic acids is 1. The van der Waals surface area contributed by atoms with E-state index < -0.39 is 0 Å². The number of aromatic nitrogens is 2. The van der Waals surface area contributed by atoms with Gasteiger partial charge in [-0.25, -0.2) is 4.98 Å². The van der Waals surface area contributed by atoms with Gasteiger partial charge in [-0.05, 0) is 44.7 Å². The number of amides is 1. The summed E-state index contributed by atoms with van der Waals surface area (Å²) in [5.41, 5.74) is 1.46. The first-order chi connectivity index (χ1) is 10.6. The van der Waals surface area contributed by atoms with Gasteiger partial charge >= 0.3 is 0 Å². The first-order valence-corrected chi connectivity index (χ1v) is 8.37. The molecule has 2 aromatic heterocycles. The second-order valence-electron chi connectivity index (χ2n) is 5.72. The number of hydrogen-bond acceptors (Lipinski definition) is 4. The zero-order valence-electron chi connectivity index (χ0n) is 12.8. The molecule has 0 aromatic carbocycles. The van der Waals surface area contributed by atoms with Crippen molar-refractivity contribution in [1.29, 1.82) is 0 Å². The molecule has 0 spiro atoms. The number of H-pyrrole nitrogens is 1. The highest BCUT2D eigenvalue weighted by Gasteiger charge is 2.32. The van der Waals surface area contributed by atoms with Crippen LogP contribution in [0.5, 0.6) is 0 Å². The third-order valence-corrected chi connectivity index (χ3v) is 4.96. The van der Waals surface area contributed by atoms with Gasteiger partial charge in [0.25, 0.3) is 11.5 Å². The highest BCUT2D eigenvalue weighted by Crippen LogP contribution is 2.33. The number of thiazole rings is 1. The average Bonchev–Trinajstić information content (AvgIpc) is 3.00. The number of likely N-dealkylation sites (tertiary alicyclic amines) is 1. The summed E-state index contributed by atoms with van der Waals surface area (Å²) >= 11 is 1.57. The summed E-state index contributed by atoms with van der Waals surface area (Å²) in [5.74, 6) is -0.182. The van der Waals surface area contributed by atoms with Gasteiger partial charge in [0.2, 0.25) is 0 Å². The van der Waals surface area contributed by atoms with Gasteiger partial charge in [0.1, 0.15) is 10.6 Å². The summed E-state index contributed by atoms with van der Waals surface area (Å²) < 4.78 is 0. The molecule has 22 heavy (non-hydrogen) atoms. The van der Waals surface area contributed by atoms with Crippen molar-refractivity contribution < 1.29 is 4.79 Å². The van der Waals surface area contributed by atoms with Gasteiger partial charge in [-0.15, -0.1) is 11.3 Å². The molecule has 3 rings (SSSR count). The molecule has 0 bridgehead atoms. The summed E-state index contributed by atoms with van der Waals surface area (Å²) in [6, 6.07) is 1.83. The Morgan fingerprint density at radius 2 is 2.23 bits per heavy atom. The van der Waals surface area contributed by atoms with E-state index in [4.69, 9.17) is 0 Å². The molecule has 1 aliphatic heterocycles. The second-order valence-corrected chi connectivity index (χ2v) is 6.65. The topological polar surface area (TPSA) is 66.1 Å². The van der Waals surface area contributed by atoms with Crippen LogP contribution in [0, 0.1) is 13.8 Å². The number of aryl methyl sites for hydroxylation is 2. The van der Waals surface area contributed by atoms with E-state index in [1.807, 2.05) is 30.2 Å². The Kier molecular flexibility index (Phi) is 4.11. The van der Waals surface area contributed by atoms with E-state index >= 15 is 0 Å². The number of hydrogen-bond donors (Lipinski definition) is 1. The number of nitrogens with one attached hydrogen (secondary N) is 1. The molecule has 0 radical (unpaired) electrons. The van der Waals surface area contributed by atoms with Gasteiger partial charge in [0, 0.05) is 23.8 Å². The lowest BCUT2D eigenvalue weighted by molar-refractivity contribution is 0.0608. The van der Waals surface area contributed by atoms with E-state index in [0.29, 0.717) is 6.54 Å². The highest BCUT2D eigenvalue weighted by atomic mass is 32.1. The Labute approximate surface area is 133 Å². The third-order valence-electron chi connectivity index (χ3n) is 4.08. The van der Waals surface area contributed by atoms with E-state index in [1.165, 1.54) is 0 Å². The van der Waals surface area contributed by atoms with E-state index in [2.05, 4.69) is 9.97 Å². The Morgan fingerprint density at radius 3 is 2.91 bits per heavy atom. The number of nitrogens with zero attached hydrogens (tertiary/aromatic N) is 2. The molecular weight excluding hydrogens is 298 g/mol. The van der Waals surface area contributed by atoms with E-state index in [9.17, 15) is 9.59 Å². The molecule has 3 heterocycles. The van der Waals surface area contributed by atoms with Gasteiger partial charge in [-0.3, -0.25) is 9.59 Å². The standard InChI is InChI=1S/C16H19N3O2S/c1-10-9-11(2)18-14(20)13(10)16(21)19-7-4-3-5-12(19)15-17-6-8-22-15/h6,8-9,12H,3-5,7H2,1-2H3,(H,18,20)/t12-/m0/s1. The lowest BCUT2D eigenvalue weighted by Crippen LogP contribution is -2.41. The lowest BCUT2D eigenvalue weighted by atomic mass is 10.00. The summed E-state index contributed by atoms with van der Waals surface area (Å²) in [7, 11) is 0. The number of pyridine rings is 1. The molecule has 0 aliphatic carbocycles. The molecule has 116 valence electrons. The molecule has 1 fully saturated rings. The predicted octanol–water partition coefficient (Wildman–Crippen LogP) is 2.82. The molecule has 6 heteroatoms. The number of rotatable bonds is 2. The molecule has 5 nitrogen and oxygen atoms in total. The van der Waals surface area contributed by atoms with E-state index in [1.54, 1.807) is 17.5 Å². The van der Waals surface area contributed by atoms with Crippen molar-refractivity contribution >= 4 is 17.2 Å². The van der Waals surface area contributed by atoms with Crippen LogP contribution in [0.3, 0.4) is 0 Å². The Balaban J connectivity index is 1.98. The molecule has 1 N–H and O–H groups in total. The van der Waals surface area contributed by atoms with Crippen molar-refractivity contribution in [2.75, 3.05) is 6.54 Å². The molecule has 1 saturated heterocycles. The van der Waals surface area contributed by atoms with Crippen LogP contribution in [0.15, 0.2) is 22.4 Å². The minimum atomic E-state index is -0.300. The number of aromatic amines is 1. The van der Waals surface area contributed by atoms with Crippen LogP contribution >= 0.6 is 11.3 Å². The van der Waals surface area contributed by atoms with Crippen LogP contribution in [0.25, 0.3) is 0 Å². The second kappa shape index (κ2) is 6.04. The molecule has 0 saturated carbocycles. The first kappa shape index (κ1) is 15.0. The fourth-order valence-corrected chi connectivity index (χ4v) is 3.88. The van der Waals surface area contributed by atoms with Crippen molar-refractivity contribution in [2.24, 2.45) is 0 Å². The Bertz CT molecular complexity index is 736. The van der Waals surface area contributed by atoms with Gasteiger partial charge < -0.3 is 9.88 Å². The number of piperidine rings is 1. The van der Waals surface area contributed by atoms with Crippen LogP contribution in [-0.2, 0) is 0 Å². The van der Waals surface area contributed by atoms with Crippen LogP contribution in [0.4, 0.5) is 0 Å². The van der Waals surface area contributed by atoms with Crippen LogP contribution in [0.1, 0.15) is 51.9 Å². The van der Waals surface area contributed by atoms with Crippen molar-refractivity contribution in [3.8, 4) is 0 Å². The van der Waals surface area contributed by atoms with Crippen LogP contribution in [0.2, 0.25) is 0 Å². The van der Waals surface area contributed by atoms with Gasteiger partial charge in [0.15, 0.2) is 0 Å². The molecule has 1 amide bonds.